The molecule has 0 radical (unpaired) electrons. The third kappa shape index (κ3) is 6.71. The normalized spacial score (nSPS) is 17.2. The van der Waals surface area contributed by atoms with E-state index in [1.807, 2.05) is 14.1 Å². The molecule has 0 bridgehead atoms. The molecule has 0 spiro atoms. The van der Waals surface area contributed by atoms with E-state index in [1.165, 1.54) is 12.1 Å². The monoisotopic (exact) mass is 526 g/mol. The molecule has 36 heavy (non-hydrogen) atoms. The predicted molar refractivity (Wildman–Crippen MR) is 132 cm³/mol. The molecule has 2 aromatic rings. The highest BCUT2D eigenvalue weighted by atomic mass is 32.2. The number of alkyl halides is 3. The van der Waals surface area contributed by atoms with Gasteiger partial charge in [-0.15, -0.1) is 0 Å². The highest BCUT2D eigenvalue weighted by Gasteiger charge is 2.31. The molecule has 6 nitrogen and oxygen atoms in total. The van der Waals surface area contributed by atoms with Gasteiger partial charge in [0.2, 0.25) is 10.0 Å². The smallest absolute Gasteiger partial charge is 0.364 e. The fraction of sp³-hybridized carbons (Fsp3) is 0.400. The first-order valence-electron chi connectivity index (χ1n) is 11.4. The zero-order valence-electron chi connectivity index (χ0n) is 20.4. The summed E-state index contributed by atoms with van der Waals surface area (Å²) in [6, 6.07) is 9.06. The van der Waals surface area contributed by atoms with E-state index >= 15 is 0 Å². The van der Waals surface area contributed by atoms with Crippen LogP contribution < -0.4 is 5.32 Å². The second-order valence-electron chi connectivity index (χ2n) is 8.99. The van der Waals surface area contributed by atoms with Crippen LogP contribution in [0.4, 0.5) is 17.6 Å². The number of hydrogen-bond donors (Lipinski definition) is 1. The maximum Gasteiger partial charge on any atom is 0.416 e. The van der Waals surface area contributed by atoms with E-state index in [2.05, 4.69) is 28.7 Å². The Morgan fingerprint density at radius 3 is 2.31 bits per heavy atom. The zero-order chi connectivity index (χ0) is 26.7. The topological polar surface area (TPSA) is 65.0 Å². The third-order valence-corrected chi connectivity index (χ3v) is 8.11. The maximum atomic E-state index is 13.4. The second-order valence-corrected chi connectivity index (χ2v) is 10.9. The lowest BCUT2D eigenvalue weighted by Gasteiger charge is -2.26. The number of sulfonamides is 1. The van der Waals surface area contributed by atoms with Crippen molar-refractivity contribution in [3.8, 4) is 0 Å². The van der Waals surface area contributed by atoms with Crippen LogP contribution in [0.25, 0.3) is 0 Å². The van der Waals surface area contributed by atoms with E-state index in [9.17, 15) is 26.0 Å². The number of nitrogens with one attached hydrogen (secondary N) is 1. The summed E-state index contributed by atoms with van der Waals surface area (Å²) in [5.74, 6) is 0.0332. The minimum atomic E-state index is -4.49. The molecule has 2 aromatic carbocycles. The van der Waals surface area contributed by atoms with E-state index in [-0.39, 0.29) is 36.5 Å². The molecule has 1 heterocycles. The summed E-state index contributed by atoms with van der Waals surface area (Å²) in [7, 11) is -0.131. The lowest BCUT2D eigenvalue weighted by molar-refractivity contribution is -0.137. The molecule has 1 aliphatic heterocycles. The Hall–Kier alpha value is -2.76. The molecule has 0 amide bonds. The van der Waals surface area contributed by atoms with Gasteiger partial charge in [0.25, 0.3) is 0 Å². The Labute approximate surface area is 209 Å². The standard InChI is InChI=1S/C25H30F4N4O2S/c1-17(24-30-15-23(31-24)18(2)32(3)4)13-14-33(36(34,35)22-11-9-21(26)10-12-22)16-19-5-7-20(8-6-19)25(27,28)29/h5-12,18,23H,1,13-16H2,2-4H3,(H,30,31). The van der Waals surface area contributed by atoms with Crippen molar-refractivity contribution in [2.75, 3.05) is 27.2 Å². The highest BCUT2D eigenvalue weighted by Crippen LogP contribution is 2.29. The fourth-order valence-corrected chi connectivity index (χ4v) is 5.15. The molecule has 11 heteroatoms. The Morgan fingerprint density at radius 2 is 1.75 bits per heavy atom. The Kier molecular flexibility index (Phi) is 8.58. The predicted octanol–water partition coefficient (Wildman–Crippen LogP) is 4.30. The van der Waals surface area contributed by atoms with Gasteiger partial charge in [-0.1, -0.05) is 18.7 Å². The Bertz CT molecular complexity index is 1190. The molecule has 2 unspecified atom stereocenters. The number of rotatable bonds is 10. The maximum absolute atomic E-state index is 13.4. The number of halogens is 4. The van der Waals surface area contributed by atoms with Crippen LogP contribution in [-0.4, -0.2) is 62.7 Å². The number of nitrogens with zero attached hydrogens (tertiary/aromatic N) is 3. The average Bonchev–Trinajstić information content (AvgIpc) is 3.31. The molecule has 0 saturated heterocycles. The van der Waals surface area contributed by atoms with Gasteiger partial charge in [0.1, 0.15) is 11.7 Å². The van der Waals surface area contributed by atoms with Gasteiger partial charge in [0, 0.05) is 19.1 Å². The van der Waals surface area contributed by atoms with E-state index in [0.717, 1.165) is 40.7 Å². The number of benzene rings is 2. The molecule has 0 aromatic heterocycles. The number of aliphatic imine (C=N–C) groups is 1. The van der Waals surface area contributed by atoms with Gasteiger partial charge in [0.15, 0.2) is 0 Å². The first-order chi connectivity index (χ1) is 16.8. The van der Waals surface area contributed by atoms with Crippen molar-refractivity contribution in [1.82, 2.24) is 14.5 Å². The summed E-state index contributed by atoms with van der Waals surface area (Å²) < 4.78 is 80.1. The van der Waals surface area contributed by atoms with Crippen molar-refractivity contribution < 1.29 is 26.0 Å². The van der Waals surface area contributed by atoms with Gasteiger partial charge in [-0.3, -0.25) is 4.99 Å². The minimum absolute atomic E-state index is 0.00810. The quantitative estimate of drug-likeness (QED) is 0.469. The summed E-state index contributed by atoms with van der Waals surface area (Å²) in [6.07, 6.45) is -4.25. The van der Waals surface area contributed by atoms with Gasteiger partial charge < -0.3 is 10.2 Å². The molecule has 2 atom stereocenters. The van der Waals surface area contributed by atoms with Crippen molar-refractivity contribution in [3.05, 3.63) is 77.6 Å². The molecular weight excluding hydrogens is 496 g/mol. The molecule has 1 aliphatic rings. The first-order valence-corrected chi connectivity index (χ1v) is 12.8. The summed E-state index contributed by atoms with van der Waals surface area (Å²) in [6.45, 7) is 6.54. The third-order valence-electron chi connectivity index (χ3n) is 6.25. The summed E-state index contributed by atoms with van der Waals surface area (Å²) >= 11 is 0. The summed E-state index contributed by atoms with van der Waals surface area (Å²) in [5.41, 5.74) is 0.185. The number of likely N-dealkylation sites (N-methyl/N-ethyl adjacent to an activating group) is 1. The minimum Gasteiger partial charge on any atom is -0.364 e. The van der Waals surface area contributed by atoms with Crippen molar-refractivity contribution >= 4 is 15.9 Å². The van der Waals surface area contributed by atoms with E-state index in [4.69, 9.17) is 0 Å². The van der Waals surface area contributed by atoms with Crippen LogP contribution in [0, 0.1) is 5.82 Å². The van der Waals surface area contributed by atoms with Crippen LogP contribution in [0.5, 0.6) is 0 Å². The van der Waals surface area contributed by atoms with Crippen LogP contribution >= 0.6 is 0 Å². The van der Waals surface area contributed by atoms with Crippen molar-refractivity contribution in [2.24, 2.45) is 4.99 Å². The van der Waals surface area contributed by atoms with E-state index in [0.29, 0.717) is 23.5 Å². The van der Waals surface area contributed by atoms with Gasteiger partial charge in [-0.25, -0.2) is 12.8 Å². The molecule has 0 fully saturated rings. The van der Waals surface area contributed by atoms with Crippen molar-refractivity contribution in [1.29, 1.82) is 0 Å². The second kappa shape index (κ2) is 11.1. The lowest BCUT2D eigenvalue weighted by atomic mass is 10.1. The number of amidine groups is 1. The van der Waals surface area contributed by atoms with E-state index < -0.39 is 27.6 Å². The molecule has 0 aliphatic carbocycles. The molecule has 0 saturated carbocycles. The molecule has 1 N–H and O–H groups in total. The Balaban J connectivity index is 1.78. The van der Waals surface area contributed by atoms with Crippen LogP contribution in [0.3, 0.4) is 0 Å². The van der Waals surface area contributed by atoms with Crippen molar-refractivity contribution in [3.63, 3.8) is 0 Å². The van der Waals surface area contributed by atoms with E-state index in [1.54, 1.807) is 0 Å². The molecular formula is C25H30F4N4O2S. The average molecular weight is 527 g/mol. The lowest BCUT2D eigenvalue weighted by Crippen LogP contribution is -2.46. The summed E-state index contributed by atoms with van der Waals surface area (Å²) in [5, 5.41) is 3.33. The summed E-state index contributed by atoms with van der Waals surface area (Å²) in [4.78, 5) is 6.46. The fourth-order valence-electron chi connectivity index (χ4n) is 3.72. The zero-order valence-corrected chi connectivity index (χ0v) is 21.2. The van der Waals surface area contributed by atoms with Gasteiger partial charge in [0.05, 0.1) is 23.0 Å². The van der Waals surface area contributed by atoms with Gasteiger partial charge in [-0.2, -0.15) is 17.5 Å². The molecule has 196 valence electrons. The highest BCUT2D eigenvalue weighted by molar-refractivity contribution is 7.89. The first kappa shape index (κ1) is 27.8. The van der Waals surface area contributed by atoms with Crippen LogP contribution in [0.15, 0.2) is 70.6 Å². The van der Waals surface area contributed by atoms with Crippen LogP contribution in [0.1, 0.15) is 24.5 Å². The largest absolute Gasteiger partial charge is 0.416 e. The van der Waals surface area contributed by atoms with Crippen molar-refractivity contribution in [2.45, 2.75) is 43.0 Å². The number of hydrogen-bond acceptors (Lipinski definition) is 5. The van der Waals surface area contributed by atoms with Crippen LogP contribution in [-0.2, 0) is 22.7 Å². The van der Waals surface area contributed by atoms with Crippen LogP contribution in [0.2, 0.25) is 0 Å². The SMILES string of the molecule is C=C(CCN(Cc1ccc(C(F)(F)F)cc1)S(=O)(=O)c1ccc(F)cc1)C1=NCC(C(C)N(C)C)N1. The molecule has 3 rings (SSSR count). The van der Waals surface area contributed by atoms with Gasteiger partial charge in [-0.05, 0) is 75.0 Å². The Morgan fingerprint density at radius 1 is 1.14 bits per heavy atom. The van der Waals surface area contributed by atoms with Gasteiger partial charge >= 0.3 is 6.18 Å².